The van der Waals surface area contributed by atoms with E-state index >= 15 is 0 Å². The Bertz CT molecular complexity index is 735. The molecule has 0 fully saturated rings. The van der Waals surface area contributed by atoms with E-state index in [4.69, 9.17) is 63.3 Å². The maximum atomic E-state index is 8.13. The van der Waals surface area contributed by atoms with Gasteiger partial charge in [0, 0.05) is 0 Å². The zero-order valence-electron chi connectivity index (χ0n) is 11.5. The number of rotatable bonds is 2. The van der Waals surface area contributed by atoms with Crippen LogP contribution in [0.2, 0.25) is 20.1 Å². The predicted molar refractivity (Wildman–Crippen MR) is 98.6 cm³/mol. The number of aliphatic imine (C=N–C) groups is 1. The van der Waals surface area contributed by atoms with Crippen molar-refractivity contribution in [2.45, 2.75) is 0 Å². The molecule has 0 spiro atoms. The molecule has 0 aliphatic rings. The van der Waals surface area contributed by atoms with Crippen LogP contribution in [0, 0.1) is 5.41 Å². The van der Waals surface area contributed by atoms with Gasteiger partial charge in [-0.3, -0.25) is 10.3 Å². The van der Waals surface area contributed by atoms with Crippen LogP contribution in [0.25, 0.3) is 0 Å². The van der Waals surface area contributed by atoms with Gasteiger partial charge in [0.25, 0.3) is 0 Å². The molecule has 0 radical (unpaired) electrons. The number of hydrogen-bond donors (Lipinski definition) is 3. The Morgan fingerprint density at radius 3 is 1.61 bits per heavy atom. The van der Waals surface area contributed by atoms with Crippen LogP contribution in [0.15, 0.2) is 41.4 Å². The zero-order valence-corrected chi connectivity index (χ0v) is 14.5. The maximum Gasteiger partial charge on any atom is 0.230 e. The second-order valence-electron chi connectivity index (χ2n) is 4.39. The molecule has 0 atom stereocenters. The number of nitrogens with one attached hydrogen (secondary N) is 1. The molecule has 23 heavy (non-hydrogen) atoms. The van der Waals surface area contributed by atoms with E-state index in [1.807, 2.05) is 0 Å². The van der Waals surface area contributed by atoms with Gasteiger partial charge in [0.1, 0.15) is 0 Å². The van der Waals surface area contributed by atoms with Gasteiger partial charge >= 0.3 is 0 Å². The minimum absolute atomic E-state index is 0.221. The van der Waals surface area contributed by atoms with Gasteiger partial charge in [-0.1, -0.05) is 46.4 Å². The molecule has 0 saturated heterocycles. The molecule has 0 amide bonds. The largest absolute Gasteiger partial charge is 0.370 e. The summed E-state index contributed by atoms with van der Waals surface area (Å²) >= 11 is 24.0. The zero-order chi connectivity index (χ0) is 17.1. The number of anilines is 2. The van der Waals surface area contributed by atoms with Crippen LogP contribution in [0.4, 0.5) is 11.4 Å². The van der Waals surface area contributed by atoms with Crippen molar-refractivity contribution < 1.29 is 0 Å². The summed E-state index contributed by atoms with van der Waals surface area (Å²) in [5.41, 5.74) is 11.8. The van der Waals surface area contributed by atoms with Gasteiger partial charge < -0.3 is 11.5 Å². The van der Waals surface area contributed by atoms with Gasteiger partial charge in [0.2, 0.25) is 5.96 Å². The third-order valence-electron chi connectivity index (χ3n) is 2.77. The Hall–Kier alpha value is -1.66. The quantitative estimate of drug-likeness (QED) is 0.514. The van der Waals surface area contributed by atoms with E-state index in [-0.39, 0.29) is 11.9 Å². The van der Waals surface area contributed by atoms with Crippen LogP contribution in [0.3, 0.4) is 0 Å². The normalized spacial score (nSPS) is 10.3. The molecule has 2 rings (SSSR count). The lowest BCUT2D eigenvalue weighted by Gasteiger charge is -2.23. The lowest BCUT2D eigenvalue weighted by atomic mass is 10.2. The first-order valence-electron chi connectivity index (χ1n) is 6.18. The van der Waals surface area contributed by atoms with Crippen molar-refractivity contribution in [2.75, 3.05) is 4.90 Å². The monoisotopic (exact) mass is 389 g/mol. The van der Waals surface area contributed by atoms with E-state index in [1.54, 1.807) is 36.4 Å². The number of guanidine groups is 2. The summed E-state index contributed by atoms with van der Waals surface area (Å²) in [6.45, 7) is 0. The molecule has 5 N–H and O–H groups in total. The van der Waals surface area contributed by atoms with E-state index < -0.39 is 0 Å². The Labute approximate surface area is 152 Å². The smallest absolute Gasteiger partial charge is 0.230 e. The fourth-order valence-corrected chi connectivity index (χ4v) is 2.40. The van der Waals surface area contributed by atoms with Gasteiger partial charge in [0.15, 0.2) is 5.96 Å². The molecule has 2 aromatic carbocycles. The molecule has 120 valence electrons. The standard InChI is InChI=1S/C14H11Cl4N5/c15-9-3-1-7(5-11(9)17)23(14(21)22-13(19)20)8-2-4-10(16)12(18)6-8/h1-6H,(H5,19,20,21,22). The molecular formula is C14H11Cl4N5. The highest BCUT2D eigenvalue weighted by molar-refractivity contribution is 6.43. The first-order valence-corrected chi connectivity index (χ1v) is 7.69. The Morgan fingerprint density at radius 1 is 0.826 bits per heavy atom. The molecule has 0 aliphatic heterocycles. The average Bonchev–Trinajstić information content (AvgIpc) is 2.46. The van der Waals surface area contributed by atoms with Gasteiger partial charge in [-0.05, 0) is 36.4 Å². The fraction of sp³-hybridized carbons (Fsp3) is 0. The molecule has 0 heterocycles. The van der Waals surface area contributed by atoms with Crippen molar-refractivity contribution in [1.29, 1.82) is 5.41 Å². The van der Waals surface area contributed by atoms with E-state index in [1.165, 1.54) is 4.90 Å². The van der Waals surface area contributed by atoms with Gasteiger partial charge in [-0.15, -0.1) is 0 Å². The lowest BCUT2D eigenvalue weighted by molar-refractivity contribution is 1.24. The number of nitrogens with two attached hydrogens (primary N) is 2. The summed E-state index contributed by atoms with van der Waals surface area (Å²) in [6.07, 6.45) is 0. The number of hydrogen-bond acceptors (Lipinski definition) is 1. The van der Waals surface area contributed by atoms with Crippen LogP contribution >= 0.6 is 46.4 Å². The molecule has 0 aliphatic carbocycles. The fourth-order valence-electron chi connectivity index (χ4n) is 1.81. The minimum atomic E-state index is -0.250. The third-order valence-corrected chi connectivity index (χ3v) is 4.25. The molecule has 0 aromatic heterocycles. The van der Waals surface area contributed by atoms with Crippen molar-refractivity contribution in [1.82, 2.24) is 0 Å². The summed E-state index contributed by atoms with van der Waals surface area (Å²) in [5.74, 6) is -0.470. The first-order chi connectivity index (χ1) is 10.8. The number of benzene rings is 2. The van der Waals surface area contributed by atoms with Gasteiger partial charge in [0.05, 0.1) is 31.5 Å². The second-order valence-corrected chi connectivity index (χ2v) is 6.02. The van der Waals surface area contributed by atoms with Crippen molar-refractivity contribution in [3.8, 4) is 0 Å². The molecular weight excluding hydrogens is 380 g/mol. The summed E-state index contributed by atoms with van der Waals surface area (Å²) in [7, 11) is 0. The first kappa shape index (κ1) is 17.7. The van der Waals surface area contributed by atoms with E-state index in [0.717, 1.165) is 0 Å². The summed E-state index contributed by atoms with van der Waals surface area (Å²) in [6, 6.07) is 9.73. The van der Waals surface area contributed by atoms with E-state index in [9.17, 15) is 0 Å². The highest BCUT2D eigenvalue weighted by Gasteiger charge is 2.17. The van der Waals surface area contributed by atoms with Crippen molar-refractivity contribution >= 4 is 69.7 Å². The Balaban J connectivity index is 2.59. The van der Waals surface area contributed by atoms with Gasteiger partial charge in [-0.2, -0.15) is 4.99 Å². The Kier molecular flexibility index (Phi) is 5.59. The molecule has 2 aromatic rings. The van der Waals surface area contributed by atoms with Crippen molar-refractivity contribution in [3.63, 3.8) is 0 Å². The topological polar surface area (TPSA) is 91.5 Å². The summed E-state index contributed by atoms with van der Waals surface area (Å²) in [5, 5.41) is 9.55. The Morgan fingerprint density at radius 2 is 1.26 bits per heavy atom. The van der Waals surface area contributed by atoms with Crippen LogP contribution in [-0.4, -0.2) is 11.9 Å². The van der Waals surface area contributed by atoms with Crippen LogP contribution in [0.5, 0.6) is 0 Å². The highest BCUT2D eigenvalue weighted by Crippen LogP contribution is 2.34. The third kappa shape index (κ3) is 4.20. The number of nitrogens with zero attached hydrogens (tertiary/aromatic N) is 2. The SMILES string of the molecule is N=C(N=C(N)N)N(c1ccc(Cl)c(Cl)c1)c1ccc(Cl)c(Cl)c1. The number of halogens is 4. The summed E-state index contributed by atoms with van der Waals surface area (Å²) in [4.78, 5) is 5.21. The van der Waals surface area contributed by atoms with Crippen LogP contribution < -0.4 is 16.4 Å². The highest BCUT2D eigenvalue weighted by atomic mass is 35.5. The maximum absolute atomic E-state index is 8.13. The van der Waals surface area contributed by atoms with E-state index in [0.29, 0.717) is 31.5 Å². The average molecular weight is 391 g/mol. The minimum Gasteiger partial charge on any atom is -0.370 e. The van der Waals surface area contributed by atoms with Crippen LogP contribution in [-0.2, 0) is 0 Å². The predicted octanol–water partition coefficient (Wildman–Crippen LogP) is 4.65. The molecule has 9 heteroatoms. The summed E-state index contributed by atoms with van der Waals surface area (Å²) < 4.78 is 0. The van der Waals surface area contributed by atoms with E-state index in [2.05, 4.69) is 4.99 Å². The molecule has 0 saturated carbocycles. The molecule has 5 nitrogen and oxygen atoms in total. The van der Waals surface area contributed by atoms with Crippen molar-refractivity contribution in [3.05, 3.63) is 56.5 Å². The molecule has 0 unspecified atom stereocenters. The lowest BCUT2D eigenvalue weighted by Crippen LogP contribution is -2.30. The van der Waals surface area contributed by atoms with Crippen molar-refractivity contribution in [2.24, 2.45) is 16.5 Å². The van der Waals surface area contributed by atoms with Crippen LogP contribution in [0.1, 0.15) is 0 Å². The molecule has 0 bridgehead atoms. The van der Waals surface area contributed by atoms with Gasteiger partial charge in [-0.25, -0.2) is 0 Å². The second kappa shape index (κ2) is 7.27.